The minimum Gasteiger partial charge on any atom is -0.396 e. The van der Waals surface area contributed by atoms with Gasteiger partial charge in [-0.05, 0) is 36.8 Å². The van der Waals surface area contributed by atoms with Gasteiger partial charge in [0.1, 0.15) is 0 Å². The van der Waals surface area contributed by atoms with Gasteiger partial charge in [0.15, 0.2) is 0 Å². The van der Waals surface area contributed by atoms with Crippen molar-refractivity contribution in [3.63, 3.8) is 0 Å². The van der Waals surface area contributed by atoms with Gasteiger partial charge in [-0.25, -0.2) is 0 Å². The lowest BCUT2D eigenvalue weighted by molar-refractivity contribution is 0.0657. The first-order chi connectivity index (χ1) is 9.27. The lowest BCUT2D eigenvalue weighted by atomic mass is 9.96. The van der Waals surface area contributed by atoms with Gasteiger partial charge in [-0.3, -0.25) is 0 Å². The maximum absolute atomic E-state index is 9.44. The molecule has 4 heteroatoms. The van der Waals surface area contributed by atoms with Gasteiger partial charge in [-0.2, -0.15) is 0 Å². The highest BCUT2D eigenvalue weighted by atomic mass is 79.9. The third-order valence-corrected chi connectivity index (χ3v) is 3.83. The smallest absolute Gasteiger partial charge is 0.0700 e. The van der Waals surface area contributed by atoms with Crippen LogP contribution < -0.4 is 0 Å². The molecule has 108 valence electrons. The zero-order valence-electron chi connectivity index (χ0n) is 11.5. The Balaban J connectivity index is 2.24. The summed E-state index contributed by atoms with van der Waals surface area (Å²) in [7, 11) is 1.67. The normalized spacial score (nSPS) is 12.6. The highest BCUT2D eigenvalue weighted by molar-refractivity contribution is 9.10. The SMILES string of the molecule is COCCOCCCC(CO)Cc1ccccc1Br. The summed E-state index contributed by atoms with van der Waals surface area (Å²) >= 11 is 3.54. The van der Waals surface area contributed by atoms with Crippen molar-refractivity contribution in [1.29, 1.82) is 0 Å². The van der Waals surface area contributed by atoms with Gasteiger partial charge in [0.2, 0.25) is 0 Å². The van der Waals surface area contributed by atoms with E-state index in [1.807, 2.05) is 18.2 Å². The maximum atomic E-state index is 9.44. The third-order valence-electron chi connectivity index (χ3n) is 3.06. The summed E-state index contributed by atoms with van der Waals surface area (Å²) in [5, 5.41) is 9.44. The molecule has 0 amide bonds. The molecule has 1 atom stereocenters. The Kier molecular flexibility index (Phi) is 9.08. The van der Waals surface area contributed by atoms with Gasteiger partial charge < -0.3 is 14.6 Å². The quantitative estimate of drug-likeness (QED) is 0.670. The number of aliphatic hydroxyl groups excluding tert-OH is 1. The standard InChI is InChI=1S/C15H23BrO3/c1-18-9-10-19-8-4-5-13(12-17)11-14-6-2-3-7-15(14)16/h2-3,6-7,13,17H,4-5,8-12H2,1H3. The topological polar surface area (TPSA) is 38.7 Å². The molecule has 0 heterocycles. The van der Waals surface area contributed by atoms with Crippen LogP contribution in [0.2, 0.25) is 0 Å². The largest absolute Gasteiger partial charge is 0.396 e. The average molecular weight is 331 g/mol. The summed E-state index contributed by atoms with van der Waals surface area (Å²) in [6.45, 7) is 2.24. The first kappa shape index (κ1) is 16.6. The number of ether oxygens (including phenoxy) is 2. The molecular weight excluding hydrogens is 308 g/mol. The molecule has 19 heavy (non-hydrogen) atoms. The number of rotatable bonds is 10. The van der Waals surface area contributed by atoms with E-state index >= 15 is 0 Å². The number of halogens is 1. The Bertz CT molecular complexity index is 344. The molecule has 0 fully saturated rings. The van der Waals surface area contributed by atoms with Crippen LogP contribution >= 0.6 is 15.9 Å². The number of aliphatic hydroxyl groups is 1. The number of hydrogen-bond acceptors (Lipinski definition) is 3. The van der Waals surface area contributed by atoms with E-state index in [1.165, 1.54) is 5.56 Å². The zero-order valence-corrected chi connectivity index (χ0v) is 13.1. The van der Waals surface area contributed by atoms with Crippen molar-refractivity contribution >= 4 is 15.9 Å². The number of benzene rings is 1. The van der Waals surface area contributed by atoms with E-state index < -0.39 is 0 Å². The lowest BCUT2D eigenvalue weighted by Crippen LogP contribution is -2.12. The second-order valence-corrected chi connectivity index (χ2v) is 5.45. The van der Waals surface area contributed by atoms with Crippen molar-refractivity contribution in [2.24, 2.45) is 5.92 Å². The van der Waals surface area contributed by atoms with Gasteiger partial charge in [-0.15, -0.1) is 0 Å². The fourth-order valence-electron chi connectivity index (χ4n) is 1.95. The van der Waals surface area contributed by atoms with Crippen LogP contribution in [0.25, 0.3) is 0 Å². The van der Waals surface area contributed by atoms with Crippen LogP contribution in [0.1, 0.15) is 18.4 Å². The zero-order chi connectivity index (χ0) is 13.9. The summed E-state index contributed by atoms with van der Waals surface area (Å²) in [6.07, 6.45) is 2.85. The van der Waals surface area contributed by atoms with Crippen molar-refractivity contribution < 1.29 is 14.6 Å². The summed E-state index contributed by atoms with van der Waals surface area (Å²) in [5.74, 6) is 0.296. The molecule has 0 saturated carbocycles. The molecule has 1 rings (SSSR count). The molecule has 0 aliphatic rings. The van der Waals surface area contributed by atoms with Crippen molar-refractivity contribution in [2.75, 3.05) is 33.5 Å². The Labute approximate surface area is 124 Å². The first-order valence-electron chi connectivity index (χ1n) is 6.69. The number of hydrogen-bond donors (Lipinski definition) is 1. The van der Waals surface area contributed by atoms with Crippen LogP contribution in [0.4, 0.5) is 0 Å². The van der Waals surface area contributed by atoms with Crippen molar-refractivity contribution in [3.8, 4) is 0 Å². The molecule has 0 aliphatic carbocycles. The third kappa shape index (κ3) is 7.06. The van der Waals surface area contributed by atoms with Gasteiger partial charge in [0.05, 0.1) is 13.2 Å². The van der Waals surface area contributed by atoms with Crippen molar-refractivity contribution in [1.82, 2.24) is 0 Å². The van der Waals surface area contributed by atoms with E-state index in [1.54, 1.807) is 7.11 Å². The van der Waals surface area contributed by atoms with E-state index in [0.717, 1.165) is 30.3 Å². The highest BCUT2D eigenvalue weighted by Crippen LogP contribution is 2.21. The fraction of sp³-hybridized carbons (Fsp3) is 0.600. The lowest BCUT2D eigenvalue weighted by Gasteiger charge is -2.15. The van der Waals surface area contributed by atoms with E-state index in [2.05, 4.69) is 22.0 Å². The molecule has 1 aromatic rings. The van der Waals surface area contributed by atoms with Gasteiger partial charge >= 0.3 is 0 Å². The summed E-state index contributed by atoms with van der Waals surface area (Å²) < 4.78 is 11.5. The highest BCUT2D eigenvalue weighted by Gasteiger charge is 2.10. The van der Waals surface area contributed by atoms with Gasteiger partial charge in [0, 0.05) is 24.8 Å². The maximum Gasteiger partial charge on any atom is 0.0700 e. The molecule has 0 aromatic heterocycles. The predicted octanol–water partition coefficient (Wildman–Crippen LogP) is 3.04. The van der Waals surface area contributed by atoms with Crippen LogP contribution in [-0.2, 0) is 15.9 Å². The predicted molar refractivity (Wildman–Crippen MR) is 80.4 cm³/mol. The molecule has 3 nitrogen and oxygen atoms in total. The number of methoxy groups -OCH3 is 1. The molecule has 0 spiro atoms. The van der Waals surface area contributed by atoms with E-state index in [4.69, 9.17) is 9.47 Å². The molecule has 1 unspecified atom stereocenters. The molecule has 1 aromatic carbocycles. The van der Waals surface area contributed by atoms with Crippen molar-refractivity contribution in [3.05, 3.63) is 34.3 Å². The molecule has 0 radical (unpaired) electrons. The first-order valence-corrected chi connectivity index (χ1v) is 7.48. The van der Waals surface area contributed by atoms with Crippen LogP contribution in [-0.4, -0.2) is 38.6 Å². The second-order valence-electron chi connectivity index (χ2n) is 4.59. The van der Waals surface area contributed by atoms with Crippen molar-refractivity contribution in [2.45, 2.75) is 19.3 Å². The summed E-state index contributed by atoms with van der Waals surface area (Å²) in [6, 6.07) is 8.17. The Hall–Kier alpha value is -0.420. The van der Waals surface area contributed by atoms with E-state index in [9.17, 15) is 5.11 Å². The van der Waals surface area contributed by atoms with E-state index in [-0.39, 0.29) is 6.61 Å². The molecular formula is C15H23BrO3. The van der Waals surface area contributed by atoms with Gasteiger partial charge in [0.25, 0.3) is 0 Å². The van der Waals surface area contributed by atoms with E-state index in [0.29, 0.717) is 19.1 Å². The monoisotopic (exact) mass is 330 g/mol. The second kappa shape index (κ2) is 10.4. The van der Waals surface area contributed by atoms with Crippen LogP contribution in [0, 0.1) is 5.92 Å². The molecule has 0 saturated heterocycles. The summed E-state index contributed by atoms with van der Waals surface area (Å²) in [4.78, 5) is 0. The van der Waals surface area contributed by atoms with Crippen LogP contribution in [0.15, 0.2) is 28.7 Å². The Morgan fingerprint density at radius 2 is 2.00 bits per heavy atom. The minimum absolute atomic E-state index is 0.222. The van der Waals surface area contributed by atoms with Gasteiger partial charge in [-0.1, -0.05) is 34.1 Å². The Morgan fingerprint density at radius 1 is 1.21 bits per heavy atom. The molecule has 0 bridgehead atoms. The average Bonchev–Trinajstić information content (AvgIpc) is 2.43. The molecule has 1 N–H and O–H groups in total. The molecule has 0 aliphatic heterocycles. The van der Waals surface area contributed by atoms with Crippen LogP contribution in [0.3, 0.4) is 0 Å². The summed E-state index contributed by atoms with van der Waals surface area (Å²) in [5.41, 5.74) is 1.25. The fourth-order valence-corrected chi connectivity index (χ4v) is 2.40. The Morgan fingerprint density at radius 3 is 2.68 bits per heavy atom. The minimum atomic E-state index is 0.222. The van der Waals surface area contributed by atoms with Crippen LogP contribution in [0.5, 0.6) is 0 Å².